The fraction of sp³-hybridized carbons (Fsp3) is 0.521. The Balaban J connectivity index is 0.0000000956. The van der Waals surface area contributed by atoms with E-state index < -0.39 is 34.2 Å². The van der Waals surface area contributed by atoms with Gasteiger partial charge in [-0.2, -0.15) is 4.98 Å². The lowest BCUT2D eigenvalue weighted by atomic mass is 9.86. The maximum Gasteiger partial charge on any atom is 0.252 e. The lowest BCUT2D eigenvalue weighted by Crippen LogP contribution is -2.33. The molecule has 4 aliphatic carbocycles. The van der Waals surface area contributed by atoms with Gasteiger partial charge < -0.3 is 94.6 Å². The molecule has 0 radical (unpaired) electrons. The molecule has 15 aromatic heterocycles. The van der Waals surface area contributed by atoms with Gasteiger partial charge >= 0.3 is 0 Å². The normalized spacial score (nSPS) is 23.2. The van der Waals surface area contributed by atoms with E-state index in [0.29, 0.717) is 146 Å². The lowest BCUT2D eigenvalue weighted by Gasteiger charge is -2.30. The number of pyridine rings is 1. The molecule has 4 bridgehead atoms. The molecule has 0 spiro atoms. The van der Waals surface area contributed by atoms with Gasteiger partial charge in [-0.1, -0.05) is 0 Å². The number of rotatable bonds is 11. The summed E-state index contributed by atoms with van der Waals surface area (Å²) in [7, 11) is 0. The van der Waals surface area contributed by atoms with Crippen molar-refractivity contribution in [1.29, 1.82) is 0 Å². The van der Waals surface area contributed by atoms with E-state index in [-0.39, 0.29) is 60.8 Å². The van der Waals surface area contributed by atoms with Crippen molar-refractivity contribution in [3.63, 3.8) is 0 Å². The highest BCUT2D eigenvalue weighted by molar-refractivity contribution is 5.92. The molecule has 0 unspecified atom stereocenters. The van der Waals surface area contributed by atoms with Crippen LogP contribution >= 0.6 is 0 Å². The first kappa shape index (κ1) is 89.7. The van der Waals surface area contributed by atoms with Crippen LogP contribution in [0.15, 0.2) is 68.0 Å². The van der Waals surface area contributed by atoms with Gasteiger partial charge in [0.15, 0.2) is 79.9 Å². The number of nitrogens with two attached hydrogens (primary N) is 5. The standard InChI is InChI=1S/C21H24F2N8O.C20H24N8O.C19H23N7O2.C19H21N7O.C17H19N7O/c1-20(2)18-27-14-16(30-9-11-3-4-21(22,23)13(11)10-30)28-15(12-7-25-19(24)26-8-12)29-17(14)31(18)5-6-32-20;1-20(2)18-24-14-16(27(18)7-8-29-20)25-15(11-9-22-19(21)23-10-11)26-17(14)28-12-3-4-13(28)6-5-12;1-19(2)17-23-13-15(26(17)7-8-27-19)24-14(11-9-21-18(20)22-10-11)25-16(13)28-12-5-3-4-6-12;1-10-17-24-15-6-14(12-7-21-19(20)22-8-12)23-18(16(15)25(17)2-3-27-10)26-9-11-4-13(26)5-11;1-17(2)15-22-12-11(9-3-4-9)21-13(10-7-19-16(18)20-8-10)23-14(12)24(15)5-6-25-17/h7-8,11,13H,3-6,9-10H2,1-2H3,(H2,24,25,26);9-10,12-13H,3-8H2,1-2H3,(H2,21,22,23);9-10,12H,3-8H2,1-2H3,(H2,20,21,22);6-8,10-11,13H,2-5,9H2,1H3,(H2,20,21,22);7-9H,3-6H2,1-2H3,(H2,18,19,20)/t11-,13+;;;10-,11?,13?;/m1..1./s1. The predicted molar refractivity (Wildman–Crippen MR) is 517 cm³/mol. The highest BCUT2D eigenvalue weighted by atomic mass is 19.3. The second-order valence-corrected chi connectivity index (χ2v) is 40.9. The number of ether oxygens (including phenoxy) is 6. The van der Waals surface area contributed by atoms with Gasteiger partial charge in [0.05, 0.1) is 72.2 Å². The van der Waals surface area contributed by atoms with Crippen molar-refractivity contribution >= 4 is 103 Å². The first-order valence-corrected chi connectivity index (χ1v) is 48.9. The van der Waals surface area contributed by atoms with E-state index in [1.807, 2.05) is 57.1 Å². The van der Waals surface area contributed by atoms with Gasteiger partial charge in [-0.05, 0) is 164 Å². The average molecular weight is 1920 g/mol. The third-order valence-corrected chi connectivity index (χ3v) is 29.8. The molecule has 141 heavy (non-hydrogen) atoms. The molecule has 14 aliphatic rings. The highest BCUT2D eigenvalue weighted by Gasteiger charge is 2.55. The van der Waals surface area contributed by atoms with Gasteiger partial charge in [-0.25, -0.2) is 123 Å². The zero-order valence-electron chi connectivity index (χ0n) is 80.0. The molecule has 3 atom stereocenters. The van der Waals surface area contributed by atoms with Crippen LogP contribution in [0.4, 0.5) is 56.0 Å². The minimum absolute atomic E-state index is 0.00504. The smallest absolute Gasteiger partial charge is 0.252 e. The van der Waals surface area contributed by atoms with E-state index in [2.05, 4.69) is 104 Å². The van der Waals surface area contributed by atoms with Crippen molar-refractivity contribution in [3.05, 3.63) is 103 Å². The number of hydrogen-bond acceptors (Lipinski definition) is 38. The topological polar surface area (TPSA) is 529 Å². The molecule has 0 amide bonds. The molecule has 43 nitrogen and oxygen atoms in total. The molecule has 5 saturated heterocycles. The van der Waals surface area contributed by atoms with Crippen LogP contribution in [0.3, 0.4) is 0 Å². The zero-order valence-corrected chi connectivity index (χ0v) is 80.0. The first-order chi connectivity index (χ1) is 67.9. The van der Waals surface area contributed by atoms with E-state index >= 15 is 0 Å². The molecular weight excluding hydrogens is 1810 g/mol. The molecule has 29 rings (SSSR count). The second-order valence-electron chi connectivity index (χ2n) is 40.9. The molecule has 45 heteroatoms. The Bertz CT molecular complexity index is 7340. The molecule has 25 heterocycles. The van der Waals surface area contributed by atoms with E-state index in [9.17, 15) is 8.78 Å². The Morgan fingerprint density at radius 1 is 0.397 bits per heavy atom. The zero-order chi connectivity index (χ0) is 96.6. The van der Waals surface area contributed by atoms with Crippen molar-refractivity contribution < 1.29 is 37.2 Å². The van der Waals surface area contributed by atoms with Gasteiger partial charge in [0.1, 0.15) is 74.8 Å². The fourth-order valence-electron chi connectivity index (χ4n) is 22.4. The SMILES string of the molecule is CC1(C)OCCn2c1nc1c(C3CC3)nc(-c3cnc(N)nc3)nc12.CC1(C)OCCn2c1nc1c(N3C4CCC3CC4)nc(-c3cnc(N)nc3)nc12.CC1(C)OCCn2c1nc1c(N3C[C@H]4CCC(F)(F)[C@H]4C3)nc(-c3cnc(N)nc3)nc12.CC1(C)OCCn2c1nc1c(OC3CCCC3)nc(-c3cnc(N)nc3)nc12.C[C@H]1OCCn2c1nc1cc(-c3cnc(N)nc3)nc(N3CC4CC3C4)c12. The summed E-state index contributed by atoms with van der Waals surface area (Å²) in [5, 5.41) is 0. The summed E-state index contributed by atoms with van der Waals surface area (Å²) in [5.74, 6) is 8.68. The quantitative estimate of drug-likeness (QED) is 0.0803. The van der Waals surface area contributed by atoms with Crippen molar-refractivity contribution in [2.24, 2.45) is 17.8 Å². The van der Waals surface area contributed by atoms with Crippen LogP contribution in [0, 0.1) is 17.8 Å². The largest absolute Gasteiger partial charge is 0.473 e. The Labute approximate surface area is 807 Å². The Kier molecular flexibility index (Phi) is 21.8. The van der Waals surface area contributed by atoms with Crippen molar-refractivity contribution in [2.45, 2.75) is 250 Å². The van der Waals surface area contributed by atoms with Crippen LogP contribution in [-0.2, 0) is 78.8 Å². The fourth-order valence-corrected chi connectivity index (χ4v) is 22.4. The van der Waals surface area contributed by atoms with Gasteiger partial charge in [0, 0.05) is 156 Å². The van der Waals surface area contributed by atoms with E-state index in [0.717, 1.165) is 166 Å². The van der Waals surface area contributed by atoms with Crippen LogP contribution < -0.4 is 48.1 Å². The molecule has 4 saturated carbocycles. The summed E-state index contributed by atoms with van der Waals surface area (Å²) in [6.07, 6.45) is 31.4. The summed E-state index contributed by atoms with van der Waals surface area (Å²) in [4.78, 5) is 116. The summed E-state index contributed by atoms with van der Waals surface area (Å²) in [6.45, 7) is 26.8. The summed E-state index contributed by atoms with van der Waals surface area (Å²) in [5.41, 5.74) is 40.1. The Morgan fingerprint density at radius 2 is 0.816 bits per heavy atom. The second kappa shape index (κ2) is 34.2. The van der Waals surface area contributed by atoms with E-state index in [4.69, 9.17) is 122 Å². The van der Waals surface area contributed by atoms with Crippen molar-refractivity contribution in [2.75, 3.05) is 96.0 Å². The number of halogens is 2. The average Bonchev–Trinajstić information content (AvgIpc) is 1.59. The summed E-state index contributed by atoms with van der Waals surface area (Å²) in [6, 6.07) is 3.71. The predicted octanol–water partition coefficient (Wildman–Crippen LogP) is 11.5. The van der Waals surface area contributed by atoms with Crippen LogP contribution in [0.2, 0.25) is 0 Å². The lowest BCUT2D eigenvalue weighted by molar-refractivity contribution is -0.0532. The van der Waals surface area contributed by atoms with Gasteiger partial charge in [0.25, 0.3) is 5.92 Å². The van der Waals surface area contributed by atoms with Crippen molar-refractivity contribution in [3.8, 4) is 62.7 Å². The molecular formula is C96H111F2N37O6. The van der Waals surface area contributed by atoms with Crippen LogP contribution in [-0.4, -0.2) is 225 Å². The highest BCUT2D eigenvalue weighted by Crippen LogP contribution is 2.53. The van der Waals surface area contributed by atoms with Gasteiger partial charge in [-0.3, -0.25) is 0 Å². The van der Waals surface area contributed by atoms with Crippen LogP contribution in [0.25, 0.3) is 112 Å². The molecule has 10 N–H and O–H groups in total. The van der Waals surface area contributed by atoms with E-state index in [1.54, 1.807) is 62.0 Å². The molecule has 0 aromatic carbocycles. The van der Waals surface area contributed by atoms with Crippen molar-refractivity contribution in [1.82, 2.24) is 142 Å². The monoisotopic (exact) mass is 1920 g/mol. The third-order valence-electron chi connectivity index (χ3n) is 29.8. The number of imidazole rings is 5. The number of aromatic nitrogens is 29. The number of fused-ring (bicyclic) bond motifs is 19. The number of alkyl halides is 2. The maximum absolute atomic E-state index is 14.4. The summed E-state index contributed by atoms with van der Waals surface area (Å²) < 4.78 is 75.5. The van der Waals surface area contributed by atoms with Crippen LogP contribution in [0.5, 0.6) is 5.88 Å². The van der Waals surface area contributed by atoms with Gasteiger partial charge in [-0.15, -0.1) is 0 Å². The minimum Gasteiger partial charge on any atom is -0.473 e. The van der Waals surface area contributed by atoms with Gasteiger partial charge in [0.2, 0.25) is 35.6 Å². The molecule has 10 aliphatic heterocycles. The Hall–Kier alpha value is -13.9. The number of nitrogen functional groups attached to an aromatic ring is 5. The maximum atomic E-state index is 14.4. The number of nitrogens with zero attached hydrogens (tertiary/aromatic N) is 32. The third kappa shape index (κ3) is 16.2. The van der Waals surface area contributed by atoms with Crippen LogP contribution in [0.1, 0.15) is 199 Å². The number of hydrogen-bond donors (Lipinski definition) is 5. The molecule has 15 aromatic rings. The summed E-state index contributed by atoms with van der Waals surface area (Å²) >= 11 is 0. The minimum atomic E-state index is -2.64. The molecule has 730 valence electrons. The van der Waals surface area contributed by atoms with E-state index in [1.165, 1.54) is 51.4 Å². The number of anilines is 8. The molecule has 9 fully saturated rings. The first-order valence-electron chi connectivity index (χ1n) is 48.9. The Morgan fingerprint density at radius 3 is 1.28 bits per heavy atom.